The van der Waals surface area contributed by atoms with Gasteiger partial charge >= 0.3 is 0 Å². The normalized spacial score (nSPS) is 17.3. The number of Topliss-reactive ketones (excluding diaryl/α,β-unsaturated/α-hetero) is 1. The van der Waals surface area contributed by atoms with Crippen LogP contribution in [0.15, 0.2) is 41.1 Å². The summed E-state index contributed by atoms with van der Waals surface area (Å²) in [6.07, 6.45) is 5.38. The van der Waals surface area contributed by atoms with E-state index in [-0.39, 0.29) is 24.1 Å². The summed E-state index contributed by atoms with van der Waals surface area (Å²) in [6, 6.07) is 7.79. The van der Waals surface area contributed by atoms with Crippen molar-refractivity contribution in [1.29, 1.82) is 0 Å². The lowest BCUT2D eigenvalue weighted by molar-refractivity contribution is 0.0884. The maximum atomic E-state index is 12.8. The lowest BCUT2D eigenvalue weighted by atomic mass is 9.85. The highest BCUT2D eigenvalue weighted by Crippen LogP contribution is 2.34. The number of para-hydroxylation sites is 1. The van der Waals surface area contributed by atoms with Crippen LogP contribution in [0.3, 0.4) is 0 Å². The Morgan fingerprint density at radius 3 is 2.95 bits per heavy atom. The molecule has 1 aliphatic rings. The van der Waals surface area contributed by atoms with Crippen molar-refractivity contribution in [3.8, 4) is 0 Å². The van der Waals surface area contributed by atoms with Crippen molar-refractivity contribution in [3.63, 3.8) is 0 Å². The number of imidazole rings is 1. The second-order valence-corrected chi connectivity index (χ2v) is 5.62. The molecule has 1 unspecified atom stereocenters. The molecule has 114 valence electrons. The largest absolute Gasteiger partial charge is 0.460 e. The van der Waals surface area contributed by atoms with Crippen LogP contribution in [0.4, 0.5) is 0 Å². The summed E-state index contributed by atoms with van der Waals surface area (Å²) >= 11 is 0. The summed E-state index contributed by atoms with van der Waals surface area (Å²) in [6.45, 7) is 2.66. The van der Waals surface area contributed by atoms with Crippen LogP contribution in [-0.2, 0) is 13.0 Å². The number of ketones is 1. The first-order valence-electron chi connectivity index (χ1n) is 7.26. The number of halogens is 1. The molecule has 1 aliphatic carbocycles. The van der Waals surface area contributed by atoms with Crippen molar-refractivity contribution in [3.05, 3.63) is 53.8 Å². The lowest BCUT2D eigenvalue weighted by Gasteiger charge is -2.21. The summed E-state index contributed by atoms with van der Waals surface area (Å²) < 4.78 is 7.88. The highest BCUT2D eigenvalue weighted by molar-refractivity contribution is 6.10. The number of aryl methyl sites for hydroxylation is 2. The number of nitrogens with zero attached hydrogens (tertiary/aromatic N) is 2. The summed E-state index contributed by atoms with van der Waals surface area (Å²) in [5.74, 6) is 2.01. The van der Waals surface area contributed by atoms with E-state index in [0.29, 0.717) is 6.54 Å². The third-order valence-electron chi connectivity index (χ3n) is 4.35. The molecule has 0 N–H and O–H groups in total. The van der Waals surface area contributed by atoms with Gasteiger partial charge in [-0.2, -0.15) is 0 Å². The van der Waals surface area contributed by atoms with E-state index in [1.165, 1.54) is 0 Å². The van der Waals surface area contributed by atoms with Crippen LogP contribution in [0.1, 0.15) is 28.4 Å². The van der Waals surface area contributed by atoms with Crippen molar-refractivity contribution >= 4 is 29.2 Å². The summed E-state index contributed by atoms with van der Waals surface area (Å²) in [5, 5.41) is 0.949. The molecule has 5 heteroatoms. The van der Waals surface area contributed by atoms with Crippen LogP contribution in [0.25, 0.3) is 11.0 Å². The predicted octanol–water partition coefficient (Wildman–Crippen LogP) is 3.80. The van der Waals surface area contributed by atoms with Gasteiger partial charge in [0, 0.05) is 36.7 Å². The lowest BCUT2D eigenvalue weighted by Crippen LogP contribution is -2.26. The van der Waals surface area contributed by atoms with Gasteiger partial charge in [0.25, 0.3) is 0 Å². The molecule has 0 saturated carbocycles. The molecule has 0 saturated heterocycles. The van der Waals surface area contributed by atoms with Gasteiger partial charge in [-0.3, -0.25) is 4.79 Å². The number of benzene rings is 1. The van der Waals surface area contributed by atoms with E-state index < -0.39 is 0 Å². The van der Waals surface area contributed by atoms with Crippen molar-refractivity contribution in [2.45, 2.75) is 26.3 Å². The van der Waals surface area contributed by atoms with Gasteiger partial charge in [0.05, 0.1) is 5.56 Å². The fourth-order valence-corrected chi connectivity index (χ4v) is 3.19. The Labute approximate surface area is 134 Å². The molecule has 2 heterocycles. The Bertz CT molecular complexity index is 834. The van der Waals surface area contributed by atoms with E-state index in [9.17, 15) is 4.79 Å². The zero-order valence-electron chi connectivity index (χ0n) is 12.3. The maximum absolute atomic E-state index is 12.8. The summed E-state index contributed by atoms with van der Waals surface area (Å²) in [7, 11) is 0. The Balaban J connectivity index is 0.00000144. The van der Waals surface area contributed by atoms with E-state index in [4.69, 9.17) is 4.42 Å². The van der Waals surface area contributed by atoms with E-state index >= 15 is 0 Å². The molecule has 22 heavy (non-hydrogen) atoms. The fourth-order valence-electron chi connectivity index (χ4n) is 3.19. The number of carbonyl (C=O) groups excluding carboxylic acids is 1. The molecule has 0 amide bonds. The minimum absolute atomic E-state index is 0. The van der Waals surface area contributed by atoms with Crippen molar-refractivity contribution in [1.82, 2.24) is 9.55 Å². The molecule has 4 nitrogen and oxygen atoms in total. The van der Waals surface area contributed by atoms with Crippen LogP contribution in [-0.4, -0.2) is 15.3 Å². The van der Waals surface area contributed by atoms with Gasteiger partial charge in [-0.05, 0) is 19.4 Å². The SMILES string of the molecule is Cc1nccn1CC1CCc2oc3ccccc3c2C1=O.Cl. The predicted molar refractivity (Wildman–Crippen MR) is 86.6 cm³/mol. The molecule has 2 aromatic heterocycles. The quantitative estimate of drug-likeness (QED) is 0.722. The number of rotatable bonds is 2. The highest BCUT2D eigenvalue weighted by Gasteiger charge is 2.32. The minimum atomic E-state index is 0. The van der Waals surface area contributed by atoms with Crippen LogP contribution >= 0.6 is 12.4 Å². The standard InChI is InChI=1S/C17H16N2O2.ClH/c1-11-18-8-9-19(11)10-12-6-7-15-16(17(12)20)13-4-2-3-5-14(13)21-15;/h2-5,8-9,12H,6-7,10H2,1H3;1H. The highest BCUT2D eigenvalue weighted by atomic mass is 35.5. The summed E-state index contributed by atoms with van der Waals surface area (Å²) in [4.78, 5) is 17.1. The zero-order chi connectivity index (χ0) is 14.4. The fraction of sp³-hybridized carbons (Fsp3) is 0.294. The first-order valence-corrected chi connectivity index (χ1v) is 7.26. The number of fused-ring (bicyclic) bond motifs is 3. The number of aromatic nitrogens is 2. The number of carbonyl (C=O) groups is 1. The molecule has 0 spiro atoms. The number of hydrogen-bond acceptors (Lipinski definition) is 3. The van der Waals surface area contributed by atoms with Crippen molar-refractivity contribution in [2.24, 2.45) is 5.92 Å². The van der Waals surface area contributed by atoms with Crippen molar-refractivity contribution in [2.75, 3.05) is 0 Å². The molecule has 4 rings (SSSR count). The minimum Gasteiger partial charge on any atom is -0.460 e. The molecular weight excluding hydrogens is 300 g/mol. The Kier molecular flexibility index (Phi) is 3.79. The zero-order valence-corrected chi connectivity index (χ0v) is 13.1. The topological polar surface area (TPSA) is 48.0 Å². The van der Waals surface area contributed by atoms with Crippen LogP contribution in [0.2, 0.25) is 0 Å². The molecule has 0 fully saturated rings. The van der Waals surface area contributed by atoms with Gasteiger partial charge in [0.1, 0.15) is 17.2 Å². The van der Waals surface area contributed by atoms with E-state index in [0.717, 1.165) is 41.0 Å². The molecule has 0 bridgehead atoms. The van der Waals surface area contributed by atoms with Gasteiger partial charge < -0.3 is 8.98 Å². The molecule has 1 aromatic carbocycles. The number of furan rings is 1. The van der Waals surface area contributed by atoms with E-state index in [1.807, 2.05) is 37.4 Å². The van der Waals surface area contributed by atoms with Crippen LogP contribution in [0.5, 0.6) is 0 Å². The Morgan fingerprint density at radius 1 is 1.36 bits per heavy atom. The van der Waals surface area contributed by atoms with Gasteiger partial charge in [0.2, 0.25) is 0 Å². The van der Waals surface area contributed by atoms with Gasteiger partial charge in [-0.15, -0.1) is 12.4 Å². The maximum Gasteiger partial charge on any atom is 0.171 e. The Hall–Kier alpha value is -2.07. The van der Waals surface area contributed by atoms with Crippen LogP contribution in [0, 0.1) is 12.8 Å². The third kappa shape index (κ3) is 2.24. The van der Waals surface area contributed by atoms with Crippen LogP contribution < -0.4 is 0 Å². The van der Waals surface area contributed by atoms with Gasteiger partial charge in [0.15, 0.2) is 5.78 Å². The average molecular weight is 317 g/mol. The molecule has 3 aromatic rings. The summed E-state index contributed by atoms with van der Waals surface area (Å²) in [5.41, 5.74) is 1.61. The van der Waals surface area contributed by atoms with Gasteiger partial charge in [-0.1, -0.05) is 18.2 Å². The first kappa shape index (κ1) is 14.9. The first-order chi connectivity index (χ1) is 10.2. The molecule has 1 atom stereocenters. The average Bonchev–Trinajstić information content (AvgIpc) is 3.06. The second kappa shape index (κ2) is 5.61. The van der Waals surface area contributed by atoms with Gasteiger partial charge in [-0.25, -0.2) is 4.98 Å². The van der Waals surface area contributed by atoms with Crippen molar-refractivity contribution < 1.29 is 9.21 Å². The number of hydrogen-bond donors (Lipinski definition) is 0. The molecule has 0 aliphatic heterocycles. The van der Waals surface area contributed by atoms with E-state index in [1.54, 1.807) is 6.20 Å². The van der Waals surface area contributed by atoms with E-state index in [2.05, 4.69) is 9.55 Å². The Morgan fingerprint density at radius 2 is 2.18 bits per heavy atom. The molecular formula is C17H17ClN2O2. The monoisotopic (exact) mass is 316 g/mol. The molecule has 0 radical (unpaired) electrons. The second-order valence-electron chi connectivity index (χ2n) is 5.62. The smallest absolute Gasteiger partial charge is 0.171 e. The third-order valence-corrected chi connectivity index (χ3v) is 4.35.